The fraction of sp³-hybridized carbons (Fsp3) is 0.478. The molecule has 0 aromatic heterocycles. The zero-order valence-electron chi connectivity index (χ0n) is 17.9. The number of hydrogen-bond acceptors (Lipinski definition) is 7. The fourth-order valence-electron chi connectivity index (χ4n) is 4.54. The van der Waals surface area contributed by atoms with Crippen molar-refractivity contribution in [2.45, 2.75) is 58.8 Å². The van der Waals surface area contributed by atoms with Crippen LogP contribution in [0.1, 0.15) is 41.0 Å². The number of allylic oxidation sites excluding steroid dienone is 1. The SMILES string of the molecule is C=C(C)C(=O)O[C@@H]1CC(C)=C2C(=O)C=C(C)[C@H]2[C@@H]2OC(=O)[C@](C)(OC(=O)C(=C)C)[C@@H]21. The third-order valence-electron chi connectivity index (χ3n) is 6.02. The summed E-state index contributed by atoms with van der Waals surface area (Å²) in [6.45, 7) is 15.2. The van der Waals surface area contributed by atoms with Gasteiger partial charge in [-0.05, 0) is 40.7 Å². The molecule has 1 saturated heterocycles. The maximum Gasteiger partial charge on any atom is 0.351 e. The molecule has 0 radical (unpaired) electrons. The van der Waals surface area contributed by atoms with Gasteiger partial charge in [0.15, 0.2) is 5.78 Å². The van der Waals surface area contributed by atoms with E-state index in [9.17, 15) is 19.2 Å². The third-order valence-corrected chi connectivity index (χ3v) is 6.02. The van der Waals surface area contributed by atoms with Crippen LogP contribution in [0, 0.1) is 11.8 Å². The van der Waals surface area contributed by atoms with Crippen molar-refractivity contribution >= 4 is 23.7 Å². The minimum atomic E-state index is -1.71. The first-order chi connectivity index (χ1) is 13.9. The van der Waals surface area contributed by atoms with Gasteiger partial charge in [-0.25, -0.2) is 14.4 Å². The van der Waals surface area contributed by atoms with E-state index in [1.165, 1.54) is 26.8 Å². The monoisotopic (exact) mass is 414 g/mol. The summed E-state index contributed by atoms with van der Waals surface area (Å²) in [7, 11) is 0. The van der Waals surface area contributed by atoms with Crippen LogP contribution in [0.4, 0.5) is 0 Å². The van der Waals surface area contributed by atoms with Crippen LogP contribution < -0.4 is 0 Å². The summed E-state index contributed by atoms with van der Waals surface area (Å²) in [6, 6.07) is 0. The van der Waals surface area contributed by atoms with E-state index in [0.717, 1.165) is 11.1 Å². The summed E-state index contributed by atoms with van der Waals surface area (Å²) in [5, 5.41) is 0. The number of esters is 3. The highest BCUT2D eigenvalue weighted by Gasteiger charge is 2.65. The molecule has 0 saturated carbocycles. The van der Waals surface area contributed by atoms with Crippen molar-refractivity contribution in [1.29, 1.82) is 0 Å². The Hall–Kier alpha value is -2.96. The number of ether oxygens (including phenoxy) is 3. The molecule has 0 aromatic rings. The van der Waals surface area contributed by atoms with Gasteiger partial charge in [-0.1, -0.05) is 24.3 Å². The summed E-state index contributed by atoms with van der Waals surface area (Å²) < 4.78 is 17.0. The molecule has 3 aliphatic rings. The van der Waals surface area contributed by atoms with Gasteiger partial charge in [0.05, 0.1) is 5.92 Å². The van der Waals surface area contributed by atoms with E-state index < -0.39 is 47.6 Å². The lowest BCUT2D eigenvalue weighted by atomic mass is 9.77. The van der Waals surface area contributed by atoms with Gasteiger partial charge in [-0.2, -0.15) is 0 Å². The van der Waals surface area contributed by atoms with Gasteiger partial charge < -0.3 is 14.2 Å². The molecule has 3 rings (SSSR count). The second kappa shape index (κ2) is 7.38. The topological polar surface area (TPSA) is 96.0 Å². The normalized spacial score (nSPS) is 32.5. The molecule has 7 nitrogen and oxygen atoms in total. The van der Waals surface area contributed by atoms with Crippen LogP contribution in [0.15, 0.2) is 47.1 Å². The first kappa shape index (κ1) is 21.7. The molecule has 0 bridgehead atoms. The smallest absolute Gasteiger partial charge is 0.351 e. The van der Waals surface area contributed by atoms with Crippen LogP contribution in [0.3, 0.4) is 0 Å². The summed E-state index contributed by atoms with van der Waals surface area (Å²) in [5.41, 5.74) is 0.649. The van der Waals surface area contributed by atoms with Crippen molar-refractivity contribution in [3.63, 3.8) is 0 Å². The minimum absolute atomic E-state index is 0.124. The van der Waals surface area contributed by atoms with Gasteiger partial charge in [0.25, 0.3) is 0 Å². The standard InChI is InChI=1S/C23H26O7/c1-10(2)20(25)28-15-9-13(6)16-14(24)8-12(5)17(16)19-18(15)23(7,22(27)29-19)30-21(26)11(3)4/h8,15,17-19H,1,3,9H2,2,4-7H3/t15-,17-,18-,19+,23-/m1/s1. The average molecular weight is 414 g/mol. The van der Waals surface area contributed by atoms with Gasteiger partial charge in [-0.15, -0.1) is 0 Å². The molecule has 0 unspecified atom stereocenters. The predicted molar refractivity (Wildman–Crippen MR) is 107 cm³/mol. The number of fused-ring (bicyclic) bond motifs is 3. The van der Waals surface area contributed by atoms with Crippen LogP contribution in [0.5, 0.6) is 0 Å². The lowest BCUT2D eigenvalue weighted by molar-refractivity contribution is -0.175. The second-order valence-corrected chi connectivity index (χ2v) is 8.53. The molecule has 0 aromatic carbocycles. The predicted octanol–water partition coefficient (Wildman–Crippen LogP) is 2.76. The molecule has 30 heavy (non-hydrogen) atoms. The van der Waals surface area contributed by atoms with Gasteiger partial charge >= 0.3 is 17.9 Å². The Kier molecular flexibility index (Phi) is 5.35. The Bertz CT molecular complexity index is 951. The fourth-order valence-corrected chi connectivity index (χ4v) is 4.54. The summed E-state index contributed by atoms with van der Waals surface area (Å²) >= 11 is 0. The van der Waals surface area contributed by atoms with Crippen molar-refractivity contribution in [3.8, 4) is 0 Å². The van der Waals surface area contributed by atoms with E-state index in [0.29, 0.717) is 5.57 Å². The Morgan fingerprint density at radius 3 is 2.30 bits per heavy atom. The van der Waals surface area contributed by atoms with Gasteiger partial charge in [-0.3, -0.25) is 4.79 Å². The minimum Gasteiger partial charge on any atom is -0.458 e. The molecule has 5 atom stereocenters. The zero-order valence-corrected chi connectivity index (χ0v) is 17.9. The number of carbonyl (C=O) groups is 4. The molecule has 0 spiro atoms. The van der Waals surface area contributed by atoms with Crippen LogP contribution in [-0.2, 0) is 33.4 Å². The van der Waals surface area contributed by atoms with Gasteiger partial charge in [0.1, 0.15) is 12.2 Å². The lowest BCUT2D eigenvalue weighted by Crippen LogP contribution is -2.50. The average Bonchev–Trinajstić information content (AvgIpc) is 3.01. The van der Waals surface area contributed by atoms with E-state index in [-0.39, 0.29) is 23.4 Å². The Morgan fingerprint density at radius 2 is 1.73 bits per heavy atom. The highest BCUT2D eigenvalue weighted by atomic mass is 16.6. The third kappa shape index (κ3) is 3.32. The maximum atomic E-state index is 12.9. The van der Waals surface area contributed by atoms with Crippen molar-refractivity contribution in [2.75, 3.05) is 0 Å². The van der Waals surface area contributed by atoms with E-state index in [2.05, 4.69) is 13.2 Å². The quantitative estimate of drug-likeness (QED) is 0.396. The van der Waals surface area contributed by atoms with Crippen LogP contribution in [0.25, 0.3) is 0 Å². The van der Waals surface area contributed by atoms with Gasteiger partial charge in [0, 0.05) is 29.1 Å². The van der Waals surface area contributed by atoms with Crippen molar-refractivity contribution in [3.05, 3.63) is 47.1 Å². The van der Waals surface area contributed by atoms with E-state index in [4.69, 9.17) is 14.2 Å². The molecule has 160 valence electrons. The van der Waals surface area contributed by atoms with E-state index in [1.807, 2.05) is 0 Å². The number of rotatable bonds is 4. The van der Waals surface area contributed by atoms with E-state index in [1.54, 1.807) is 13.8 Å². The molecule has 1 fully saturated rings. The molecule has 1 heterocycles. The first-order valence-electron chi connectivity index (χ1n) is 9.77. The zero-order chi connectivity index (χ0) is 22.5. The molecule has 0 N–H and O–H groups in total. The highest BCUT2D eigenvalue weighted by Crippen LogP contribution is 2.51. The Morgan fingerprint density at radius 1 is 1.13 bits per heavy atom. The van der Waals surface area contributed by atoms with Crippen molar-refractivity contribution in [2.24, 2.45) is 11.8 Å². The summed E-state index contributed by atoms with van der Waals surface area (Å²) in [4.78, 5) is 50.3. The Labute approximate surface area is 175 Å². The van der Waals surface area contributed by atoms with E-state index >= 15 is 0 Å². The number of carbonyl (C=O) groups excluding carboxylic acids is 4. The van der Waals surface area contributed by atoms with Crippen molar-refractivity contribution in [1.82, 2.24) is 0 Å². The largest absolute Gasteiger partial charge is 0.458 e. The Balaban J connectivity index is 2.13. The molecular weight excluding hydrogens is 388 g/mol. The van der Waals surface area contributed by atoms with Crippen LogP contribution in [0.2, 0.25) is 0 Å². The number of hydrogen-bond donors (Lipinski definition) is 0. The van der Waals surface area contributed by atoms with Gasteiger partial charge in [0.2, 0.25) is 5.60 Å². The maximum absolute atomic E-state index is 12.9. The number of ketones is 1. The summed E-state index contributed by atoms with van der Waals surface area (Å²) in [6.07, 6.45) is 0.0608. The molecule has 7 heteroatoms. The summed E-state index contributed by atoms with van der Waals surface area (Å²) in [5.74, 6) is -3.56. The first-order valence-corrected chi connectivity index (χ1v) is 9.77. The lowest BCUT2D eigenvalue weighted by Gasteiger charge is -2.34. The molecule has 2 aliphatic carbocycles. The highest BCUT2D eigenvalue weighted by molar-refractivity contribution is 6.09. The second-order valence-electron chi connectivity index (χ2n) is 8.53. The molecule has 1 aliphatic heterocycles. The van der Waals surface area contributed by atoms with Crippen molar-refractivity contribution < 1.29 is 33.4 Å². The molecular formula is C23H26O7. The van der Waals surface area contributed by atoms with Crippen LogP contribution in [-0.4, -0.2) is 41.5 Å². The molecule has 0 amide bonds. The van der Waals surface area contributed by atoms with Crippen LogP contribution >= 0.6 is 0 Å².